The standard InChI is InChI=1S/C17H20N4O4/c22-16(12-21-15(17(23)24)4-5-18-21)19-14-3-1-2-13(10-14)11-20-6-8-25-9-7-20/h1-5,10H,6-9,11-12H2,(H,19,22)(H,23,24). The summed E-state index contributed by atoms with van der Waals surface area (Å²) in [6.07, 6.45) is 1.36. The van der Waals surface area contributed by atoms with Gasteiger partial charge in [-0.1, -0.05) is 12.1 Å². The quantitative estimate of drug-likeness (QED) is 0.813. The van der Waals surface area contributed by atoms with Crippen LogP contribution < -0.4 is 5.32 Å². The van der Waals surface area contributed by atoms with Crippen LogP contribution >= 0.6 is 0 Å². The summed E-state index contributed by atoms with van der Waals surface area (Å²) in [5, 5.41) is 15.7. The number of carbonyl (C=O) groups excluding carboxylic acids is 1. The highest BCUT2D eigenvalue weighted by molar-refractivity contribution is 5.92. The zero-order valence-corrected chi connectivity index (χ0v) is 13.7. The normalized spacial score (nSPS) is 15.0. The zero-order valence-electron chi connectivity index (χ0n) is 13.7. The molecule has 25 heavy (non-hydrogen) atoms. The average Bonchev–Trinajstić information content (AvgIpc) is 3.04. The number of anilines is 1. The van der Waals surface area contributed by atoms with Crippen molar-refractivity contribution >= 4 is 17.6 Å². The molecular weight excluding hydrogens is 324 g/mol. The number of carboxylic acids is 1. The monoisotopic (exact) mass is 344 g/mol. The lowest BCUT2D eigenvalue weighted by Crippen LogP contribution is -2.35. The second-order valence-corrected chi connectivity index (χ2v) is 5.82. The first-order valence-electron chi connectivity index (χ1n) is 8.06. The first-order valence-corrected chi connectivity index (χ1v) is 8.06. The predicted molar refractivity (Wildman–Crippen MR) is 90.4 cm³/mol. The lowest BCUT2D eigenvalue weighted by atomic mass is 10.2. The Balaban J connectivity index is 1.60. The maximum Gasteiger partial charge on any atom is 0.354 e. The summed E-state index contributed by atoms with van der Waals surface area (Å²) in [5.41, 5.74) is 1.76. The molecule has 2 aromatic rings. The third-order valence-electron chi connectivity index (χ3n) is 3.95. The van der Waals surface area contributed by atoms with Gasteiger partial charge in [-0.15, -0.1) is 0 Å². The molecule has 1 aliphatic rings. The second-order valence-electron chi connectivity index (χ2n) is 5.82. The third kappa shape index (κ3) is 4.65. The number of morpholine rings is 1. The summed E-state index contributed by atoms with van der Waals surface area (Å²) >= 11 is 0. The van der Waals surface area contributed by atoms with Gasteiger partial charge in [0.25, 0.3) is 0 Å². The number of carboxylic acid groups (broad SMARTS) is 1. The van der Waals surface area contributed by atoms with Crippen molar-refractivity contribution in [3.8, 4) is 0 Å². The molecule has 3 rings (SSSR count). The molecule has 0 radical (unpaired) electrons. The van der Waals surface area contributed by atoms with Crippen LogP contribution in [0.25, 0.3) is 0 Å². The number of nitrogens with zero attached hydrogens (tertiary/aromatic N) is 3. The van der Waals surface area contributed by atoms with E-state index in [0.29, 0.717) is 5.69 Å². The third-order valence-corrected chi connectivity index (χ3v) is 3.95. The lowest BCUT2D eigenvalue weighted by Gasteiger charge is -2.26. The Labute approximate surface area is 145 Å². The summed E-state index contributed by atoms with van der Waals surface area (Å²) < 4.78 is 6.50. The van der Waals surface area contributed by atoms with E-state index in [-0.39, 0.29) is 18.1 Å². The lowest BCUT2D eigenvalue weighted by molar-refractivity contribution is -0.116. The van der Waals surface area contributed by atoms with Crippen LogP contribution in [0.4, 0.5) is 5.69 Å². The summed E-state index contributed by atoms with van der Waals surface area (Å²) in [6, 6.07) is 9.00. The molecule has 1 aromatic heterocycles. The van der Waals surface area contributed by atoms with Gasteiger partial charge < -0.3 is 15.2 Å². The van der Waals surface area contributed by atoms with Gasteiger partial charge in [0.1, 0.15) is 12.2 Å². The first-order chi connectivity index (χ1) is 12.1. The Hall–Kier alpha value is -2.71. The SMILES string of the molecule is O=C(Cn1nccc1C(=O)O)Nc1cccc(CN2CCOCC2)c1. The predicted octanol–water partition coefficient (Wildman–Crippen LogP) is 1.05. The van der Waals surface area contributed by atoms with E-state index in [1.807, 2.05) is 24.3 Å². The molecule has 1 aromatic carbocycles. The minimum atomic E-state index is -1.11. The highest BCUT2D eigenvalue weighted by Crippen LogP contribution is 2.14. The molecule has 0 saturated carbocycles. The molecule has 1 fully saturated rings. The van der Waals surface area contributed by atoms with Crippen molar-refractivity contribution in [1.82, 2.24) is 14.7 Å². The number of ether oxygens (including phenoxy) is 1. The fourth-order valence-corrected chi connectivity index (χ4v) is 2.74. The van der Waals surface area contributed by atoms with Gasteiger partial charge in [0, 0.05) is 31.5 Å². The average molecular weight is 344 g/mol. The number of carbonyl (C=O) groups is 2. The molecule has 0 atom stereocenters. The molecule has 1 amide bonds. The van der Waals surface area contributed by atoms with Crippen molar-refractivity contribution in [1.29, 1.82) is 0 Å². The second kappa shape index (κ2) is 7.91. The van der Waals surface area contributed by atoms with E-state index in [4.69, 9.17) is 9.84 Å². The zero-order chi connectivity index (χ0) is 17.6. The molecular formula is C17H20N4O4. The molecule has 0 bridgehead atoms. The van der Waals surface area contributed by atoms with E-state index >= 15 is 0 Å². The molecule has 2 heterocycles. The van der Waals surface area contributed by atoms with E-state index in [9.17, 15) is 9.59 Å². The molecule has 0 aliphatic carbocycles. The molecule has 2 N–H and O–H groups in total. The van der Waals surface area contributed by atoms with Crippen molar-refractivity contribution in [2.45, 2.75) is 13.1 Å². The van der Waals surface area contributed by atoms with E-state index in [1.165, 1.54) is 12.3 Å². The van der Waals surface area contributed by atoms with Crippen LogP contribution in [-0.4, -0.2) is 58.0 Å². The molecule has 1 aliphatic heterocycles. The maximum absolute atomic E-state index is 12.2. The van der Waals surface area contributed by atoms with Crippen LogP contribution in [0.2, 0.25) is 0 Å². The Morgan fingerprint density at radius 3 is 2.80 bits per heavy atom. The van der Waals surface area contributed by atoms with Crippen LogP contribution in [0, 0.1) is 0 Å². The van der Waals surface area contributed by atoms with Crippen molar-refractivity contribution in [3.63, 3.8) is 0 Å². The molecule has 1 saturated heterocycles. The van der Waals surface area contributed by atoms with Gasteiger partial charge >= 0.3 is 5.97 Å². The topological polar surface area (TPSA) is 96.7 Å². The summed E-state index contributed by atoms with van der Waals surface area (Å²) in [7, 11) is 0. The van der Waals surface area contributed by atoms with E-state index in [2.05, 4.69) is 15.3 Å². The maximum atomic E-state index is 12.2. The van der Waals surface area contributed by atoms with E-state index < -0.39 is 5.97 Å². The Bertz CT molecular complexity index is 753. The number of aromatic nitrogens is 2. The van der Waals surface area contributed by atoms with Crippen LogP contribution in [-0.2, 0) is 22.6 Å². The highest BCUT2D eigenvalue weighted by atomic mass is 16.5. The van der Waals surface area contributed by atoms with Crippen LogP contribution in [0.5, 0.6) is 0 Å². The Kier molecular flexibility index (Phi) is 5.42. The van der Waals surface area contributed by atoms with Crippen LogP contribution in [0.15, 0.2) is 36.5 Å². The van der Waals surface area contributed by atoms with Crippen molar-refractivity contribution < 1.29 is 19.4 Å². The molecule has 8 heteroatoms. The minimum absolute atomic E-state index is 0.0174. The van der Waals surface area contributed by atoms with Gasteiger partial charge in [-0.25, -0.2) is 9.48 Å². The molecule has 0 spiro atoms. The van der Waals surface area contributed by atoms with Gasteiger partial charge in [0.05, 0.1) is 13.2 Å². The van der Waals surface area contributed by atoms with Gasteiger partial charge in [-0.3, -0.25) is 9.69 Å². The van der Waals surface area contributed by atoms with Crippen molar-refractivity contribution in [2.75, 3.05) is 31.6 Å². The van der Waals surface area contributed by atoms with Crippen LogP contribution in [0.1, 0.15) is 16.1 Å². The number of hydrogen-bond acceptors (Lipinski definition) is 5. The fourth-order valence-electron chi connectivity index (χ4n) is 2.74. The van der Waals surface area contributed by atoms with Gasteiger partial charge in [0.2, 0.25) is 5.91 Å². The van der Waals surface area contributed by atoms with Crippen molar-refractivity contribution in [3.05, 3.63) is 47.8 Å². The largest absolute Gasteiger partial charge is 0.477 e. The number of nitrogens with one attached hydrogen (secondary N) is 1. The van der Waals surface area contributed by atoms with E-state index in [1.54, 1.807) is 0 Å². The summed E-state index contributed by atoms with van der Waals surface area (Å²) in [6.45, 7) is 3.93. The number of rotatable bonds is 6. The Morgan fingerprint density at radius 1 is 1.24 bits per heavy atom. The molecule has 8 nitrogen and oxygen atoms in total. The fraction of sp³-hybridized carbons (Fsp3) is 0.353. The van der Waals surface area contributed by atoms with Gasteiger partial charge in [-0.05, 0) is 23.8 Å². The first kappa shape index (κ1) is 17.1. The van der Waals surface area contributed by atoms with Crippen LogP contribution in [0.3, 0.4) is 0 Å². The Morgan fingerprint density at radius 2 is 2.04 bits per heavy atom. The number of amides is 1. The van der Waals surface area contributed by atoms with E-state index in [0.717, 1.165) is 43.1 Å². The highest BCUT2D eigenvalue weighted by Gasteiger charge is 2.14. The summed E-state index contributed by atoms with van der Waals surface area (Å²) in [5.74, 6) is -1.44. The summed E-state index contributed by atoms with van der Waals surface area (Å²) in [4.78, 5) is 25.5. The van der Waals surface area contributed by atoms with Gasteiger partial charge in [0.15, 0.2) is 0 Å². The molecule has 0 unspecified atom stereocenters. The number of aromatic carboxylic acids is 1. The number of hydrogen-bond donors (Lipinski definition) is 2. The van der Waals surface area contributed by atoms with Crippen molar-refractivity contribution in [2.24, 2.45) is 0 Å². The van der Waals surface area contributed by atoms with Gasteiger partial charge in [-0.2, -0.15) is 5.10 Å². The minimum Gasteiger partial charge on any atom is -0.477 e. The molecule has 132 valence electrons. The smallest absolute Gasteiger partial charge is 0.354 e. The number of benzene rings is 1.